The molecule has 0 fully saturated rings. The Morgan fingerprint density at radius 3 is 2.12 bits per heavy atom. The summed E-state index contributed by atoms with van der Waals surface area (Å²) in [6.07, 6.45) is -4.52. The van der Waals surface area contributed by atoms with E-state index in [-0.39, 0.29) is 11.5 Å². The summed E-state index contributed by atoms with van der Waals surface area (Å²) in [5, 5.41) is 3.29. The normalized spacial score (nSPS) is 12.9. The predicted octanol–water partition coefficient (Wildman–Crippen LogP) is 2.67. The van der Waals surface area contributed by atoms with Gasteiger partial charge in [-0.25, -0.2) is 0 Å². The summed E-state index contributed by atoms with van der Waals surface area (Å²) in [5.41, 5.74) is -1.79. The summed E-state index contributed by atoms with van der Waals surface area (Å²) >= 11 is 0. The number of aromatic nitrogens is 2. The predicted molar refractivity (Wildman–Crippen MR) is 52.0 cm³/mol. The van der Waals surface area contributed by atoms with Crippen LogP contribution in [0.4, 0.5) is 13.2 Å². The van der Waals surface area contributed by atoms with Crippen molar-refractivity contribution in [3.05, 3.63) is 17.5 Å². The fourth-order valence-electron chi connectivity index (χ4n) is 1.20. The topological polar surface area (TPSA) is 34.9 Å². The summed E-state index contributed by atoms with van der Waals surface area (Å²) in [5.74, 6) is -0.363. The molecule has 0 unspecified atom stereocenters. The molecule has 1 aromatic rings. The summed E-state index contributed by atoms with van der Waals surface area (Å²) in [7, 11) is 1.33. The molecular weight excluding hydrogens is 221 g/mol. The lowest BCUT2D eigenvalue weighted by Gasteiger charge is -2.15. The molecule has 90 valence electrons. The minimum Gasteiger partial charge on any atom is -0.292 e. The van der Waals surface area contributed by atoms with Gasteiger partial charge in [-0.2, -0.15) is 18.3 Å². The highest BCUT2D eigenvalue weighted by Crippen LogP contribution is 2.30. The molecule has 0 saturated heterocycles. The Labute approximate surface area is 91.3 Å². The molecule has 0 aromatic carbocycles. The average Bonchev–Trinajstić information content (AvgIpc) is 2.43. The van der Waals surface area contributed by atoms with E-state index in [2.05, 4.69) is 5.10 Å². The van der Waals surface area contributed by atoms with E-state index in [4.69, 9.17) is 0 Å². The Bertz CT molecular complexity index is 413. The number of ketones is 1. The van der Waals surface area contributed by atoms with E-state index in [1.54, 1.807) is 20.8 Å². The van der Waals surface area contributed by atoms with Crippen molar-refractivity contribution in [2.45, 2.75) is 26.9 Å². The number of hydrogen-bond acceptors (Lipinski definition) is 2. The van der Waals surface area contributed by atoms with E-state index in [9.17, 15) is 18.0 Å². The number of Topliss-reactive ketones (excluding diaryl/α,β-unsaturated/α-hetero) is 1. The van der Waals surface area contributed by atoms with Gasteiger partial charge in [-0.1, -0.05) is 20.8 Å². The average molecular weight is 234 g/mol. The first-order chi connectivity index (χ1) is 7.03. The van der Waals surface area contributed by atoms with Gasteiger partial charge in [0.15, 0.2) is 11.5 Å². The van der Waals surface area contributed by atoms with Crippen LogP contribution in [0.15, 0.2) is 6.07 Å². The molecule has 0 aliphatic rings. The van der Waals surface area contributed by atoms with Gasteiger partial charge in [-0.15, -0.1) is 0 Å². The quantitative estimate of drug-likeness (QED) is 0.700. The first-order valence-corrected chi connectivity index (χ1v) is 4.69. The van der Waals surface area contributed by atoms with Crippen molar-refractivity contribution < 1.29 is 18.0 Å². The van der Waals surface area contributed by atoms with Crippen LogP contribution in [-0.2, 0) is 13.2 Å². The molecule has 3 nitrogen and oxygen atoms in total. The maximum Gasteiger partial charge on any atom is 0.435 e. The maximum absolute atomic E-state index is 12.4. The number of carbonyl (C=O) groups excluding carboxylic acids is 1. The van der Waals surface area contributed by atoms with Crippen LogP contribution in [0, 0.1) is 5.41 Å². The van der Waals surface area contributed by atoms with Gasteiger partial charge in [0, 0.05) is 12.5 Å². The van der Waals surface area contributed by atoms with Gasteiger partial charge < -0.3 is 0 Å². The van der Waals surface area contributed by atoms with Crippen molar-refractivity contribution in [2.75, 3.05) is 0 Å². The standard InChI is InChI=1S/C10H13F3N2O/c1-9(2,3)8(16)6-5-7(10(11,12)13)14-15(6)4/h5H,1-4H3. The first kappa shape index (κ1) is 12.7. The van der Waals surface area contributed by atoms with Crippen LogP contribution in [0.25, 0.3) is 0 Å². The van der Waals surface area contributed by atoms with Crippen molar-refractivity contribution in [2.24, 2.45) is 12.5 Å². The van der Waals surface area contributed by atoms with Crippen LogP contribution < -0.4 is 0 Å². The smallest absolute Gasteiger partial charge is 0.292 e. The Hall–Kier alpha value is -1.33. The Kier molecular flexibility index (Phi) is 2.87. The Morgan fingerprint density at radius 1 is 1.31 bits per heavy atom. The molecule has 0 amide bonds. The van der Waals surface area contributed by atoms with Crippen LogP contribution in [0.1, 0.15) is 37.0 Å². The molecule has 0 aliphatic carbocycles. The van der Waals surface area contributed by atoms with Crippen LogP contribution in [0.5, 0.6) is 0 Å². The molecule has 0 radical (unpaired) electrons. The third-order valence-corrected chi connectivity index (χ3v) is 2.08. The second-order valence-electron chi connectivity index (χ2n) is 4.62. The third kappa shape index (κ3) is 2.43. The molecule has 6 heteroatoms. The van der Waals surface area contributed by atoms with E-state index in [1.807, 2.05) is 0 Å². The minimum absolute atomic E-state index is 0.0279. The molecular formula is C10H13F3N2O. The van der Waals surface area contributed by atoms with E-state index < -0.39 is 17.3 Å². The van der Waals surface area contributed by atoms with Gasteiger partial charge in [0.2, 0.25) is 0 Å². The molecule has 1 aromatic heterocycles. The molecule has 16 heavy (non-hydrogen) atoms. The van der Waals surface area contributed by atoms with Crippen LogP contribution in [0.2, 0.25) is 0 Å². The van der Waals surface area contributed by atoms with Crippen molar-refractivity contribution in [1.82, 2.24) is 9.78 Å². The highest BCUT2D eigenvalue weighted by atomic mass is 19.4. The zero-order valence-electron chi connectivity index (χ0n) is 9.51. The van der Waals surface area contributed by atoms with E-state index in [0.717, 1.165) is 10.7 Å². The number of halogens is 3. The number of hydrogen-bond donors (Lipinski definition) is 0. The fourth-order valence-corrected chi connectivity index (χ4v) is 1.20. The number of alkyl halides is 3. The summed E-state index contributed by atoms with van der Waals surface area (Å²) < 4.78 is 38.0. The molecule has 1 rings (SSSR count). The molecule has 1 heterocycles. The second kappa shape index (κ2) is 3.61. The van der Waals surface area contributed by atoms with Gasteiger partial charge in [0.25, 0.3) is 0 Å². The van der Waals surface area contributed by atoms with Crippen LogP contribution in [0.3, 0.4) is 0 Å². The Morgan fingerprint density at radius 2 is 1.81 bits per heavy atom. The third-order valence-electron chi connectivity index (χ3n) is 2.08. The largest absolute Gasteiger partial charge is 0.435 e. The van der Waals surface area contributed by atoms with Gasteiger partial charge in [0.05, 0.1) is 0 Å². The van der Waals surface area contributed by atoms with Crippen LogP contribution in [-0.4, -0.2) is 15.6 Å². The first-order valence-electron chi connectivity index (χ1n) is 4.69. The van der Waals surface area contributed by atoms with Crippen molar-refractivity contribution >= 4 is 5.78 Å². The number of nitrogens with zero attached hydrogens (tertiary/aromatic N) is 2. The highest BCUT2D eigenvalue weighted by molar-refractivity contribution is 5.98. The lowest BCUT2D eigenvalue weighted by molar-refractivity contribution is -0.141. The molecule has 0 atom stereocenters. The van der Waals surface area contributed by atoms with Gasteiger partial charge >= 0.3 is 6.18 Å². The highest BCUT2D eigenvalue weighted by Gasteiger charge is 2.36. The summed E-state index contributed by atoms with van der Waals surface area (Å²) in [4.78, 5) is 11.8. The van der Waals surface area contributed by atoms with E-state index >= 15 is 0 Å². The maximum atomic E-state index is 12.4. The zero-order valence-corrected chi connectivity index (χ0v) is 9.51. The lowest BCUT2D eigenvalue weighted by atomic mass is 9.89. The van der Waals surface area contributed by atoms with Crippen molar-refractivity contribution in [1.29, 1.82) is 0 Å². The molecule has 0 N–H and O–H groups in total. The van der Waals surface area contributed by atoms with Gasteiger partial charge in [0.1, 0.15) is 5.69 Å². The molecule has 0 bridgehead atoms. The minimum atomic E-state index is -4.52. The summed E-state index contributed by atoms with van der Waals surface area (Å²) in [6, 6.07) is 0.785. The summed E-state index contributed by atoms with van der Waals surface area (Å²) in [6.45, 7) is 4.95. The fraction of sp³-hybridized carbons (Fsp3) is 0.600. The Balaban J connectivity index is 3.18. The molecule has 0 aliphatic heterocycles. The number of aryl methyl sites for hydroxylation is 1. The number of rotatable bonds is 1. The van der Waals surface area contributed by atoms with E-state index in [0.29, 0.717) is 0 Å². The number of carbonyl (C=O) groups is 1. The van der Waals surface area contributed by atoms with Crippen molar-refractivity contribution in [3.8, 4) is 0 Å². The van der Waals surface area contributed by atoms with Crippen LogP contribution >= 0.6 is 0 Å². The lowest BCUT2D eigenvalue weighted by Crippen LogP contribution is -2.22. The SMILES string of the molecule is Cn1nc(C(F)(F)F)cc1C(=O)C(C)(C)C. The molecule has 0 spiro atoms. The van der Waals surface area contributed by atoms with Crippen molar-refractivity contribution in [3.63, 3.8) is 0 Å². The van der Waals surface area contributed by atoms with Gasteiger partial charge in [-0.05, 0) is 6.07 Å². The second-order valence-corrected chi connectivity index (χ2v) is 4.62. The van der Waals surface area contributed by atoms with E-state index in [1.165, 1.54) is 7.05 Å². The van der Waals surface area contributed by atoms with Gasteiger partial charge in [-0.3, -0.25) is 9.48 Å². The molecule has 0 saturated carbocycles. The zero-order chi connectivity index (χ0) is 12.7. The monoisotopic (exact) mass is 234 g/mol.